The number of hydrogen-bond donors (Lipinski definition) is 0. The number of allylic oxidation sites excluding steroid dienone is 1. The number of ketones is 1. The maximum absolute atomic E-state index is 11.4. The Hall–Kier alpha value is -0.670. The zero-order valence-corrected chi connectivity index (χ0v) is 8.12. The normalized spacial score (nSPS) is 41.6. The topological polar surface area (TPSA) is 35.5 Å². The molecule has 2 aliphatic carbocycles. The smallest absolute Gasteiger partial charge is 0.158 e. The van der Waals surface area contributed by atoms with Gasteiger partial charge in [-0.25, -0.2) is 0 Å². The molecular weight excluding hydrogens is 180 g/mol. The minimum absolute atomic E-state index is 0.00810. The maximum Gasteiger partial charge on any atom is 0.158 e. The van der Waals surface area contributed by atoms with Crippen molar-refractivity contribution in [1.29, 1.82) is 0 Å². The summed E-state index contributed by atoms with van der Waals surface area (Å²) in [7, 11) is 0. The summed E-state index contributed by atoms with van der Waals surface area (Å²) in [4.78, 5) is 11.4. The van der Waals surface area contributed by atoms with E-state index >= 15 is 0 Å². The molecular formula is C11H14O3. The molecule has 0 aromatic heterocycles. The average molecular weight is 194 g/mol. The van der Waals surface area contributed by atoms with Crippen LogP contribution in [0.4, 0.5) is 0 Å². The molecule has 2 atom stereocenters. The molecule has 0 aromatic rings. The van der Waals surface area contributed by atoms with E-state index in [4.69, 9.17) is 9.47 Å². The van der Waals surface area contributed by atoms with Crippen molar-refractivity contribution < 1.29 is 14.3 Å². The number of hydrogen-bond acceptors (Lipinski definition) is 3. The lowest BCUT2D eigenvalue weighted by Gasteiger charge is -2.43. The molecule has 76 valence electrons. The Kier molecular flexibility index (Phi) is 1.79. The Labute approximate surface area is 83.1 Å². The molecule has 3 heteroatoms. The van der Waals surface area contributed by atoms with E-state index in [2.05, 4.69) is 0 Å². The fourth-order valence-electron chi connectivity index (χ4n) is 2.94. The van der Waals surface area contributed by atoms with Crippen LogP contribution in [0.15, 0.2) is 11.6 Å². The molecule has 0 bridgehead atoms. The fraction of sp³-hybridized carbons (Fsp3) is 0.727. The van der Waals surface area contributed by atoms with Crippen molar-refractivity contribution in [2.24, 2.45) is 0 Å². The van der Waals surface area contributed by atoms with Crippen LogP contribution in [0.3, 0.4) is 0 Å². The largest absolute Gasteiger partial charge is 0.372 e. The molecule has 3 nitrogen and oxygen atoms in total. The summed E-state index contributed by atoms with van der Waals surface area (Å²) < 4.78 is 11.6. The summed E-state index contributed by atoms with van der Waals surface area (Å²) in [5.74, 6) is 0.202. The van der Waals surface area contributed by atoms with Crippen LogP contribution >= 0.6 is 0 Å². The second-order valence-electron chi connectivity index (χ2n) is 4.29. The molecule has 1 saturated heterocycles. The van der Waals surface area contributed by atoms with Gasteiger partial charge in [0.15, 0.2) is 5.78 Å². The van der Waals surface area contributed by atoms with Gasteiger partial charge in [-0.15, -0.1) is 0 Å². The van der Waals surface area contributed by atoms with Gasteiger partial charge < -0.3 is 9.47 Å². The second kappa shape index (κ2) is 2.91. The van der Waals surface area contributed by atoms with Crippen LogP contribution in [0.2, 0.25) is 0 Å². The zero-order valence-electron chi connectivity index (χ0n) is 8.12. The Morgan fingerprint density at radius 1 is 1.43 bits per heavy atom. The van der Waals surface area contributed by atoms with E-state index < -0.39 is 0 Å². The molecule has 1 saturated carbocycles. The Morgan fingerprint density at radius 2 is 2.36 bits per heavy atom. The second-order valence-corrected chi connectivity index (χ2v) is 4.29. The van der Waals surface area contributed by atoms with Gasteiger partial charge in [-0.1, -0.05) is 0 Å². The van der Waals surface area contributed by atoms with Crippen LogP contribution < -0.4 is 0 Å². The van der Waals surface area contributed by atoms with E-state index in [1.165, 1.54) is 5.57 Å². The number of rotatable bonds is 0. The standard InChI is InChI=1S/C11H14O3/c12-9-6-8-2-1-3-11(8)10(7-9)13-4-5-14-11/h6,10H,1-5,7H2/t10-,11+/m0/s1. The molecule has 0 aromatic carbocycles. The average Bonchev–Trinajstić information content (AvgIpc) is 2.56. The van der Waals surface area contributed by atoms with Crippen molar-refractivity contribution >= 4 is 5.78 Å². The van der Waals surface area contributed by atoms with Gasteiger partial charge in [-0.2, -0.15) is 0 Å². The molecule has 1 aliphatic heterocycles. The zero-order chi connectivity index (χ0) is 9.60. The SMILES string of the molecule is O=C1C=C2CCC[C@@]23OCCO[C@H]3C1. The van der Waals surface area contributed by atoms with Gasteiger partial charge in [0.1, 0.15) is 5.60 Å². The number of carbonyl (C=O) groups excluding carboxylic acids is 1. The first kappa shape index (κ1) is 8.62. The molecule has 3 aliphatic rings. The van der Waals surface area contributed by atoms with Gasteiger partial charge in [0, 0.05) is 6.42 Å². The molecule has 0 radical (unpaired) electrons. The van der Waals surface area contributed by atoms with Gasteiger partial charge in [0.25, 0.3) is 0 Å². The van der Waals surface area contributed by atoms with E-state index in [0.717, 1.165) is 19.3 Å². The molecule has 1 spiro atoms. The summed E-state index contributed by atoms with van der Waals surface area (Å²) in [5.41, 5.74) is 0.963. The summed E-state index contributed by atoms with van der Waals surface area (Å²) in [5, 5.41) is 0. The van der Waals surface area contributed by atoms with Crippen molar-refractivity contribution in [2.75, 3.05) is 13.2 Å². The molecule has 0 unspecified atom stereocenters. The lowest BCUT2D eigenvalue weighted by atomic mass is 9.81. The predicted molar refractivity (Wildman–Crippen MR) is 50.0 cm³/mol. The number of ether oxygens (including phenoxy) is 2. The van der Waals surface area contributed by atoms with E-state index in [1.807, 2.05) is 0 Å². The van der Waals surface area contributed by atoms with Crippen LogP contribution in [0.5, 0.6) is 0 Å². The van der Waals surface area contributed by atoms with Crippen LogP contribution in [0.1, 0.15) is 25.7 Å². The quantitative estimate of drug-likeness (QED) is 0.581. The van der Waals surface area contributed by atoms with Gasteiger partial charge in [-0.05, 0) is 30.9 Å². The molecule has 3 rings (SSSR count). The van der Waals surface area contributed by atoms with Crippen molar-refractivity contribution in [1.82, 2.24) is 0 Å². The van der Waals surface area contributed by atoms with E-state index in [0.29, 0.717) is 19.6 Å². The minimum atomic E-state index is -0.216. The van der Waals surface area contributed by atoms with Gasteiger partial charge in [0.2, 0.25) is 0 Å². The summed E-state index contributed by atoms with van der Waals surface area (Å²) in [6.07, 6.45) is 5.44. The summed E-state index contributed by atoms with van der Waals surface area (Å²) in [6.45, 7) is 1.30. The highest BCUT2D eigenvalue weighted by Gasteiger charge is 2.51. The van der Waals surface area contributed by atoms with Crippen LogP contribution in [-0.2, 0) is 14.3 Å². The Morgan fingerprint density at radius 3 is 3.29 bits per heavy atom. The van der Waals surface area contributed by atoms with Crippen LogP contribution in [-0.4, -0.2) is 30.7 Å². The molecule has 1 heterocycles. The Balaban J connectivity index is 2.03. The highest BCUT2D eigenvalue weighted by atomic mass is 16.6. The fourth-order valence-corrected chi connectivity index (χ4v) is 2.94. The van der Waals surface area contributed by atoms with Crippen LogP contribution in [0.25, 0.3) is 0 Å². The van der Waals surface area contributed by atoms with E-state index in [1.54, 1.807) is 6.08 Å². The number of carbonyl (C=O) groups is 1. The minimum Gasteiger partial charge on any atom is -0.372 e. The highest BCUT2D eigenvalue weighted by Crippen LogP contribution is 2.46. The first-order valence-corrected chi connectivity index (χ1v) is 5.31. The van der Waals surface area contributed by atoms with Gasteiger partial charge in [-0.3, -0.25) is 4.79 Å². The van der Waals surface area contributed by atoms with Crippen molar-refractivity contribution in [3.05, 3.63) is 11.6 Å². The molecule has 0 amide bonds. The molecule has 2 fully saturated rings. The molecule has 14 heavy (non-hydrogen) atoms. The third-order valence-electron chi connectivity index (χ3n) is 3.54. The maximum atomic E-state index is 11.4. The van der Waals surface area contributed by atoms with Crippen molar-refractivity contribution in [3.63, 3.8) is 0 Å². The predicted octanol–water partition coefficient (Wildman–Crippen LogP) is 1.22. The first-order chi connectivity index (χ1) is 6.81. The van der Waals surface area contributed by atoms with Crippen molar-refractivity contribution in [3.8, 4) is 0 Å². The Bertz CT molecular complexity index is 308. The third-order valence-corrected chi connectivity index (χ3v) is 3.54. The highest BCUT2D eigenvalue weighted by molar-refractivity contribution is 5.92. The summed E-state index contributed by atoms with van der Waals surface area (Å²) in [6, 6.07) is 0. The lowest BCUT2D eigenvalue weighted by molar-refractivity contribution is -0.188. The summed E-state index contributed by atoms with van der Waals surface area (Å²) >= 11 is 0. The first-order valence-electron chi connectivity index (χ1n) is 5.31. The molecule has 0 N–H and O–H groups in total. The lowest BCUT2D eigenvalue weighted by Crippen LogP contribution is -2.53. The van der Waals surface area contributed by atoms with Crippen molar-refractivity contribution in [2.45, 2.75) is 37.4 Å². The monoisotopic (exact) mass is 194 g/mol. The van der Waals surface area contributed by atoms with Crippen LogP contribution in [0, 0.1) is 0 Å². The third kappa shape index (κ3) is 1.03. The van der Waals surface area contributed by atoms with Gasteiger partial charge >= 0.3 is 0 Å². The van der Waals surface area contributed by atoms with E-state index in [9.17, 15) is 4.79 Å². The van der Waals surface area contributed by atoms with E-state index in [-0.39, 0.29) is 17.5 Å². The van der Waals surface area contributed by atoms with Gasteiger partial charge in [0.05, 0.1) is 19.3 Å².